The SMILES string of the molecule is CN(C)C(CNC(=O)CN(C)S(=O)(=O)c1ccc(F)cc1)c1cccc(F)c1. The molecule has 6 nitrogen and oxygen atoms in total. The van der Waals surface area contributed by atoms with E-state index >= 15 is 0 Å². The second-order valence-corrected chi connectivity index (χ2v) is 8.60. The maximum Gasteiger partial charge on any atom is 0.243 e. The number of hydrogen-bond donors (Lipinski definition) is 1. The van der Waals surface area contributed by atoms with E-state index in [0.717, 1.165) is 28.6 Å². The molecule has 0 aliphatic rings. The minimum absolute atomic E-state index is 0.102. The van der Waals surface area contributed by atoms with Gasteiger partial charge in [0.25, 0.3) is 0 Å². The number of nitrogens with one attached hydrogen (secondary N) is 1. The lowest BCUT2D eigenvalue weighted by Crippen LogP contribution is -2.41. The van der Waals surface area contributed by atoms with Crippen molar-refractivity contribution in [1.82, 2.24) is 14.5 Å². The second kappa shape index (κ2) is 9.22. The number of amides is 1. The normalized spacial score (nSPS) is 13.0. The molecule has 0 fully saturated rings. The largest absolute Gasteiger partial charge is 0.353 e. The fourth-order valence-corrected chi connectivity index (χ4v) is 3.78. The zero-order valence-electron chi connectivity index (χ0n) is 15.9. The molecule has 0 aliphatic carbocycles. The number of hydrogen-bond acceptors (Lipinski definition) is 4. The van der Waals surface area contributed by atoms with Gasteiger partial charge in [-0.1, -0.05) is 12.1 Å². The molecule has 1 atom stereocenters. The van der Waals surface area contributed by atoms with Gasteiger partial charge in [0.2, 0.25) is 15.9 Å². The van der Waals surface area contributed by atoms with E-state index in [1.54, 1.807) is 26.2 Å². The molecule has 0 aromatic heterocycles. The molecular weight excluding hydrogens is 388 g/mol. The summed E-state index contributed by atoms with van der Waals surface area (Å²) in [5, 5.41) is 2.68. The number of likely N-dealkylation sites (N-methyl/N-ethyl adjacent to an activating group) is 2. The van der Waals surface area contributed by atoms with Crippen LogP contribution in [0.4, 0.5) is 8.78 Å². The summed E-state index contributed by atoms with van der Waals surface area (Å²) in [6.45, 7) is -0.220. The van der Waals surface area contributed by atoms with E-state index in [9.17, 15) is 22.0 Å². The maximum absolute atomic E-state index is 13.5. The first-order chi connectivity index (χ1) is 13.1. The van der Waals surface area contributed by atoms with Gasteiger partial charge in [-0.05, 0) is 56.1 Å². The van der Waals surface area contributed by atoms with Crippen LogP contribution in [0.25, 0.3) is 0 Å². The van der Waals surface area contributed by atoms with Crippen molar-refractivity contribution < 1.29 is 22.0 Å². The molecular formula is C19H23F2N3O3S. The fourth-order valence-electron chi connectivity index (χ4n) is 2.65. The van der Waals surface area contributed by atoms with Gasteiger partial charge < -0.3 is 10.2 Å². The summed E-state index contributed by atoms with van der Waals surface area (Å²) in [6.07, 6.45) is 0. The van der Waals surface area contributed by atoms with E-state index in [0.29, 0.717) is 5.56 Å². The minimum atomic E-state index is -3.92. The first-order valence-corrected chi connectivity index (χ1v) is 9.96. The lowest BCUT2D eigenvalue weighted by molar-refractivity contribution is -0.121. The van der Waals surface area contributed by atoms with Crippen LogP contribution in [0.3, 0.4) is 0 Å². The van der Waals surface area contributed by atoms with Crippen LogP contribution in [0, 0.1) is 11.6 Å². The third-order valence-corrected chi connectivity index (χ3v) is 6.06. The maximum atomic E-state index is 13.5. The van der Waals surface area contributed by atoms with E-state index in [2.05, 4.69) is 5.32 Å². The molecule has 0 heterocycles. The second-order valence-electron chi connectivity index (χ2n) is 6.55. The lowest BCUT2D eigenvalue weighted by Gasteiger charge is -2.25. The highest BCUT2D eigenvalue weighted by Gasteiger charge is 2.23. The van der Waals surface area contributed by atoms with Crippen LogP contribution in [-0.2, 0) is 14.8 Å². The number of benzene rings is 2. The average Bonchev–Trinajstić information content (AvgIpc) is 2.62. The molecule has 1 amide bonds. The average molecular weight is 411 g/mol. The van der Waals surface area contributed by atoms with Gasteiger partial charge in [-0.3, -0.25) is 4.79 Å². The summed E-state index contributed by atoms with van der Waals surface area (Å²) in [4.78, 5) is 14.0. The van der Waals surface area contributed by atoms with Crippen LogP contribution in [0.1, 0.15) is 11.6 Å². The van der Waals surface area contributed by atoms with Gasteiger partial charge in [-0.25, -0.2) is 17.2 Å². The monoisotopic (exact) mass is 411 g/mol. The lowest BCUT2D eigenvalue weighted by atomic mass is 10.1. The number of nitrogens with zero attached hydrogens (tertiary/aromatic N) is 2. The summed E-state index contributed by atoms with van der Waals surface area (Å²) in [5.41, 5.74) is 0.692. The van der Waals surface area contributed by atoms with Crippen molar-refractivity contribution in [1.29, 1.82) is 0 Å². The first kappa shape index (κ1) is 21.9. The van der Waals surface area contributed by atoms with E-state index in [1.165, 1.54) is 19.2 Å². The number of carbonyl (C=O) groups is 1. The van der Waals surface area contributed by atoms with Crippen LogP contribution in [0.15, 0.2) is 53.4 Å². The van der Waals surface area contributed by atoms with Gasteiger partial charge >= 0.3 is 0 Å². The van der Waals surface area contributed by atoms with Crippen LogP contribution in [-0.4, -0.2) is 57.8 Å². The van der Waals surface area contributed by atoms with Gasteiger partial charge in [0.05, 0.1) is 17.5 Å². The van der Waals surface area contributed by atoms with Crippen molar-refractivity contribution >= 4 is 15.9 Å². The van der Waals surface area contributed by atoms with E-state index in [-0.39, 0.29) is 23.3 Å². The number of carbonyl (C=O) groups excluding carboxylic acids is 1. The van der Waals surface area contributed by atoms with Gasteiger partial charge in [0.1, 0.15) is 11.6 Å². The molecule has 2 aromatic rings. The Balaban J connectivity index is 2.01. The van der Waals surface area contributed by atoms with Gasteiger partial charge in [-0.15, -0.1) is 0 Å². The summed E-state index contributed by atoms with van der Waals surface area (Å²) >= 11 is 0. The minimum Gasteiger partial charge on any atom is -0.353 e. The van der Waals surface area contributed by atoms with Crippen molar-refractivity contribution in [3.63, 3.8) is 0 Å². The summed E-state index contributed by atoms with van der Waals surface area (Å²) in [7, 11) is 0.951. The molecule has 0 saturated heterocycles. The highest BCUT2D eigenvalue weighted by Crippen LogP contribution is 2.18. The van der Waals surface area contributed by atoms with E-state index in [1.807, 2.05) is 4.90 Å². The van der Waals surface area contributed by atoms with E-state index < -0.39 is 28.3 Å². The summed E-state index contributed by atoms with van der Waals surface area (Å²) in [6, 6.07) is 10.2. The Morgan fingerprint density at radius 2 is 1.68 bits per heavy atom. The molecule has 2 aromatic carbocycles. The highest BCUT2D eigenvalue weighted by molar-refractivity contribution is 7.89. The number of rotatable bonds is 8. The van der Waals surface area contributed by atoms with Crippen LogP contribution in [0.2, 0.25) is 0 Å². The van der Waals surface area contributed by atoms with Gasteiger partial charge in [0, 0.05) is 13.6 Å². The topological polar surface area (TPSA) is 69.7 Å². The zero-order chi connectivity index (χ0) is 20.9. The van der Waals surface area contributed by atoms with Crippen LogP contribution < -0.4 is 5.32 Å². The molecule has 1 unspecified atom stereocenters. The summed E-state index contributed by atoms with van der Waals surface area (Å²) in [5.74, 6) is -1.43. The standard InChI is InChI=1S/C19H23F2N3O3S/c1-23(2)18(14-5-4-6-16(21)11-14)12-22-19(25)13-24(3)28(26,27)17-9-7-15(20)8-10-17/h4-11,18H,12-13H2,1-3H3,(H,22,25). The Labute approximate surface area is 163 Å². The Morgan fingerprint density at radius 1 is 1.04 bits per heavy atom. The Morgan fingerprint density at radius 3 is 2.25 bits per heavy atom. The van der Waals surface area contributed by atoms with Crippen molar-refractivity contribution in [2.75, 3.05) is 34.2 Å². The molecule has 0 spiro atoms. The molecule has 2 rings (SSSR count). The molecule has 0 radical (unpaired) electrons. The molecule has 0 saturated carbocycles. The van der Waals surface area contributed by atoms with E-state index in [4.69, 9.17) is 0 Å². The van der Waals surface area contributed by atoms with Crippen LogP contribution in [0.5, 0.6) is 0 Å². The predicted octanol–water partition coefficient (Wildman–Crippen LogP) is 2.00. The Hall–Kier alpha value is -2.36. The molecule has 28 heavy (non-hydrogen) atoms. The third-order valence-electron chi connectivity index (χ3n) is 4.24. The Bertz CT molecular complexity index is 918. The highest BCUT2D eigenvalue weighted by atomic mass is 32.2. The van der Waals surface area contributed by atoms with Crippen molar-refractivity contribution in [3.8, 4) is 0 Å². The molecule has 1 N–H and O–H groups in total. The fraction of sp³-hybridized carbons (Fsp3) is 0.316. The van der Waals surface area contributed by atoms with Crippen molar-refractivity contribution in [2.45, 2.75) is 10.9 Å². The summed E-state index contributed by atoms with van der Waals surface area (Å²) < 4.78 is 52.3. The molecule has 0 aliphatic heterocycles. The molecule has 0 bridgehead atoms. The number of halogens is 2. The molecule has 152 valence electrons. The van der Waals surface area contributed by atoms with Crippen molar-refractivity contribution in [3.05, 3.63) is 65.7 Å². The third kappa shape index (κ3) is 5.57. The zero-order valence-corrected chi connectivity index (χ0v) is 16.7. The van der Waals surface area contributed by atoms with Crippen LogP contribution >= 0.6 is 0 Å². The Kier molecular flexibility index (Phi) is 7.22. The van der Waals surface area contributed by atoms with Crippen molar-refractivity contribution in [2.24, 2.45) is 0 Å². The van der Waals surface area contributed by atoms with Gasteiger partial charge in [0.15, 0.2) is 0 Å². The smallest absolute Gasteiger partial charge is 0.243 e. The predicted molar refractivity (Wildman–Crippen MR) is 102 cm³/mol. The first-order valence-electron chi connectivity index (χ1n) is 8.51. The van der Waals surface area contributed by atoms with Gasteiger partial charge in [-0.2, -0.15) is 4.31 Å². The molecule has 9 heteroatoms. The quantitative estimate of drug-likeness (QED) is 0.722. The number of sulfonamides is 1.